The Morgan fingerprint density at radius 3 is 2.84 bits per heavy atom. The minimum absolute atomic E-state index is 0.185. The Kier molecular flexibility index (Phi) is 4.63. The van der Waals surface area contributed by atoms with E-state index in [1.54, 1.807) is 12.3 Å². The highest BCUT2D eigenvalue weighted by Crippen LogP contribution is 2.20. The van der Waals surface area contributed by atoms with E-state index in [0.29, 0.717) is 18.5 Å². The number of rotatable bonds is 4. The molecule has 0 saturated carbocycles. The lowest BCUT2D eigenvalue weighted by atomic mass is 10.2. The summed E-state index contributed by atoms with van der Waals surface area (Å²) in [4.78, 5) is 16.0. The summed E-state index contributed by atoms with van der Waals surface area (Å²) in [7, 11) is 0. The Morgan fingerprint density at radius 1 is 1.26 bits per heavy atom. The van der Waals surface area contributed by atoms with Crippen LogP contribution in [0.25, 0.3) is 0 Å². The summed E-state index contributed by atoms with van der Waals surface area (Å²) >= 11 is 3.07. The lowest BCUT2D eigenvalue weighted by molar-refractivity contribution is 0.0952. The van der Waals surface area contributed by atoms with E-state index in [0.717, 1.165) is 5.69 Å². The third kappa shape index (κ3) is 3.61. The van der Waals surface area contributed by atoms with E-state index in [9.17, 15) is 9.18 Å². The first-order chi connectivity index (χ1) is 9.18. The summed E-state index contributed by atoms with van der Waals surface area (Å²) in [6.45, 7) is 0.457. The average molecular weight is 323 g/mol. The number of hydrogen-bond donors (Lipinski definition) is 1. The van der Waals surface area contributed by atoms with Gasteiger partial charge in [-0.25, -0.2) is 4.39 Å². The molecule has 0 fully saturated rings. The molecule has 0 aliphatic carbocycles. The van der Waals surface area contributed by atoms with Gasteiger partial charge >= 0.3 is 0 Å². The van der Waals surface area contributed by atoms with Gasteiger partial charge in [-0.3, -0.25) is 9.78 Å². The zero-order valence-electron chi connectivity index (χ0n) is 10.1. The van der Waals surface area contributed by atoms with Crippen LogP contribution >= 0.6 is 15.9 Å². The quantitative estimate of drug-likeness (QED) is 0.940. The van der Waals surface area contributed by atoms with E-state index in [1.807, 2.05) is 18.2 Å². The zero-order valence-corrected chi connectivity index (χ0v) is 11.7. The Labute approximate surface area is 119 Å². The minimum atomic E-state index is -0.447. The fourth-order valence-electron chi connectivity index (χ4n) is 1.62. The van der Waals surface area contributed by atoms with Crippen molar-refractivity contribution >= 4 is 21.8 Å². The van der Waals surface area contributed by atoms with Crippen molar-refractivity contribution in [2.75, 3.05) is 6.54 Å². The molecule has 0 unspecified atom stereocenters. The molecule has 0 atom stereocenters. The number of hydrogen-bond acceptors (Lipinski definition) is 2. The van der Waals surface area contributed by atoms with E-state index >= 15 is 0 Å². The molecule has 2 rings (SSSR count). The normalized spacial score (nSPS) is 10.2. The third-order valence-corrected chi connectivity index (χ3v) is 3.40. The summed E-state index contributed by atoms with van der Waals surface area (Å²) in [5.41, 5.74) is 1.20. The molecular weight excluding hydrogens is 311 g/mol. The standard InChI is InChI=1S/C14H12BrFN2O/c15-13-11(5-3-6-12(13)16)14(19)18-9-7-10-4-1-2-8-17-10/h1-6,8H,7,9H2,(H,18,19). The van der Waals surface area contributed by atoms with Crippen LogP contribution in [0.1, 0.15) is 16.1 Å². The SMILES string of the molecule is O=C(NCCc1ccccn1)c1cccc(F)c1Br. The predicted molar refractivity (Wildman–Crippen MR) is 74.4 cm³/mol. The molecule has 1 aromatic heterocycles. The van der Waals surface area contributed by atoms with Gasteiger partial charge in [-0.15, -0.1) is 0 Å². The number of aromatic nitrogens is 1. The van der Waals surface area contributed by atoms with E-state index in [1.165, 1.54) is 12.1 Å². The van der Waals surface area contributed by atoms with Crippen LogP contribution in [0.3, 0.4) is 0 Å². The number of pyridine rings is 1. The van der Waals surface area contributed by atoms with E-state index in [2.05, 4.69) is 26.2 Å². The number of nitrogens with zero attached hydrogens (tertiary/aromatic N) is 1. The average Bonchev–Trinajstić information content (AvgIpc) is 2.43. The molecule has 1 amide bonds. The van der Waals surface area contributed by atoms with Crippen LogP contribution in [0.2, 0.25) is 0 Å². The first-order valence-corrected chi connectivity index (χ1v) is 6.60. The van der Waals surface area contributed by atoms with Crippen molar-refractivity contribution in [1.29, 1.82) is 0 Å². The van der Waals surface area contributed by atoms with Crippen molar-refractivity contribution in [3.63, 3.8) is 0 Å². The second-order valence-electron chi connectivity index (χ2n) is 3.93. The number of carbonyl (C=O) groups is 1. The van der Waals surface area contributed by atoms with Crippen LogP contribution < -0.4 is 5.32 Å². The maximum atomic E-state index is 13.3. The van der Waals surface area contributed by atoms with Gasteiger partial charge in [0.25, 0.3) is 5.91 Å². The van der Waals surface area contributed by atoms with Crippen LogP contribution in [-0.2, 0) is 6.42 Å². The van der Waals surface area contributed by atoms with Gasteiger partial charge in [-0.1, -0.05) is 12.1 Å². The maximum absolute atomic E-state index is 13.3. The van der Waals surface area contributed by atoms with Crippen molar-refractivity contribution in [1.82, 2.24) is 10.3 Å². The van der Waals surface area contributed by atoms with E-state index < -0.39 is 5.82 Å². The Morgan fingerprint density at radius 2 is 2.11 bits per heavy atom. The fourth-order valence-corrected chi connectivity index (χ4v) is 2.07. The monoisotopic (exact) mass is 322 g/mol. The highest BCUT2D eigenvalue weighted by Gasteiger charge is 2.12. The second-order valence-corrected chi connectivity index (χ2v) is 4.72. The summed E-state index contributed by atoms with van der Waals surface area (Å²) in [5.74, 6) is -0.750. The first-order valence-electron chi connectivity index (χ1n) is 5.80. The van der Waals surface area contributed by atoms with Gasteiger partial charge in [-0.05, 0) is 40.2 Å². The number of carbonyl (C=O) groups excluding carboxylic acids is 1. The van der Waals surface area contributed by atoms with Crippen LogP contribution in [0, 0.1) is 5.82 Å². The lowest BCUT2D eigenvalue weighted by Gasteiger charge is -2.07. The predicted octanol–water partition coefficient (Wildman–Crippen LogP) is 2.96. The van der Waals surface area contributed by atoms with Crippen LogP contribution in [0.4, 0.5) is 4.39 Å². The van der Waals surface area contributed by atoms with Crippen molar-refractivity contribution in [3.05, 3.63) is 64.1 Å². The first kappa shape index (κ1) is 13.7. The van der Waals surface area contributed by atoms with Gasteiger partial charge in [-0.2, -0.15) is 0 Å². The van der Waals surface area contributed by atoms with Crippen molar-refractivity contribution in [2.24, 2.45) is 0 Å². The van der Waals surface area contributed by atoms with Crippen LogP contribution in [0.15, 0.2) is 47.1 Å². The minimum Gasteiger partial charge on any atom is -0.352 e. The van der Waals surface area contributed by atoms with E-state index in [-0.39, 0.29) is 10.4 Å². The number of nitrogens with one attached hydrogen (secondary N) is 1. The van der Waals surface area contributed by atoms with Crippen LogP contribution in [-0.4, -0.2) is 17.4 Å². The second kappa shape index (κ2) is 6.43. The molecule has 0 bridgehead atoms. The van der Waals surface area contributed by atoms with Crippen molar-refractivity contribution < 1.29 is 9.18 Å². The molecule has 5 heteroatoms. The molecule has 19 heavy (non-hydrogen) atoms. The molecular formula is C14H12BrFN2O. The van der Waals surface area contributed by atoms with Crippen molar-refractivity contribution in [2.45, 2.75) is 6.42 Å². The number of halogens is 2. The molecule has 1 aromatic carbocycles. The molecule has 2 aromatic rings. The highest BCUT2D eigenvalue weighted by molar-refractivity contribution is 9.10. The lowest BCUT2D eigenvalue weighted by Crippen LogP contribution is -2.26. The van der Waals surface area contributed by atoms with Crippen molar-refractivity contribution in [3.8, 4) is 0 Å². The maximum Gasteiger partial charge on any atom is 0.252 e. The zero-order chi connectivity index (χ0) is 13.7. The molecule has 3 nitrogen and oxygen atoms in total. The Bertz CT molecular complexity index is 575. The topological polar surface area (TPSA) is 42.0 Å². The smallest absolute Gasteiger partial charge is 0.252 e. The van der Waals surface area contributed by atoms with Crippen LogP contribution in [0.5, 0.6) is 0 Å². The third-order valence-electron chi connectivity index (χ3n) is 2.59. The number of benzene rings is 1. The van der Waals surface area contributed by atoms with Gasteiger partial charge < -0.3 is 5.32 Å². The van der Waals surface area contributed by atoms with Gasteiger partial charge in [0, 0.05) is 24.9 Å². The summed E-state index contributed by atoms with van der Waals surface area (Å²) in [6, 6.07) is 10.0. The highest BCUT2D eigenvalue weighted by atomic mass is 79.9. The molecule has 0 spiro atoms. The Hall–Kier alpha value is -1.75. The molecule has 0 radical (unpaired) electrons. The van der Waals surface area contributed by atoms with E-state index in [4.69, 9.17) is 0 Å². The number of amides is 1. The summed E-state index contributed by atoms with van der Waals surface area (Å²) < 4.78 is 13.5. The Balaban J connectivity index is 1.93. The van der Waals surface area contributed by atoms with Gasteiger partial charge in [0.2, 0.25) is 0 Å². The van der Waals surface area contributed by atoms with Gasteiger partial charge in [0.15, 0.2) is 0 Å². The van der Waals surface area contributed by atoms with Gasteiger partial charge in [0.05, 0.1) is 10.0 Å². The summed E-state index contributed by atoms with van der Waals surface area (Å²) in [5, 5.41) is 2.74. The molecule has 0 saturated heterocycles. The molecule has 0 aliphatic heterocycles. The largest absolute Gasteiger partial charge is 0.352 e. The molecule has 98 valence electrons. The molecule has 0 aliphatic rings. The van der Waals surface area contributed by atoms with Gasteiger partial charge in [0.1, 0.15) is 5.82 Å². The molecule has 1 N–H and O–H groups in total. The molecule has 1 heterocycles. The fraction of sp³-hybridized carbons (Fsp3) is 0.143. The summed E-state index contributed by atoms with van der Waals surface area (Å²) in [6.07, 6.45) is 2.35.